The third kappa shape index (κ3) is 5.04. The molecule has 0 fully saturated rings. The molecule has 0 atom stereocenters. The molecule has 0 saturated heterocycles. The molecule has 1 heterocycles. The van der Waals surface area contributed by atoms with Gasteiger partial charge in [0.25, 0.3) is 11.8 Å². The zero-order chi connectivity index (χ0) is 21.6. The van der Waals surface area contributed by atoms with Gasteiger partial charge in [-0.05, 0) is 47.9 Å². The van der Waals surface area contributed by atoms with Gasteiger partial charge in [-0.25, -0.2) is 0 Å². The molecule has 0 aliphatic carbocycles. The molecule has 0 unspecified atom stereocenters. The Morgan fingerprint density at radius 1 is 1.03 bits per heavy atom. The molecule has 2 amide bonds. The fraction of sp³-hybridized carbons (Fsp3) is 0.200. The van der Waals surface area contributed by atoms with E-state index in [1.165, 1.54) is 5.56 Å². The molecular weight excluding hydrogens is 392 g/mol. The maximum Gasteiger partial charge on any atom is 0.265 e. The fourth-order valence-electron chi connectivity index (χ4n) is 3.39. The second kappa shape index (κ2) is 9.34. The van der Waals surface area contributed by atoms with Crippen LogP contribution in [0.1, 0.15) is 18.1 Å². The Bertz CT molecular complexity index is 1060. The summed E-state index contributed by atoms with van der Waals surface area (Å²) in [6, 6.07) is 22.7. The number of carbonyl (C=O) groups is 2. The molecule has 0 bridgehead atoms. The number of hydrogen-bond acceptors (Lipinski definition) is 4. The van der Waals surface area contributed by atoms with Gasteiger partial charge in [-0.3, -0.25) is 9.59 Å². The highest BCUT2D eigenvalue weighted by Crippen LogP contribution is 2.35. The molecular formula is C25H24N2O4. The maximum absolute atomic E-state index is 12.5. The topological polar surface area (TPSA) is 67.9 Å². The van der Waals surface area contributed by atoms with Crippen molar-refractivity contribution in [3.05, 3.63) is 83.9 Å². The molecule has 0 aromatic heterocycles. The summed E-state index contributed by atoms with van der Waals surface area (Å²) in [7, 11) is 0. The van der Waals surface area contributed by atoms with Crippen LogP contribution in [0, 0.1) is 0 Å². The highest BCUT2D eigenvalue weighted by molar-refractivity contribution is 5.99. The van der Waals surface area contributed by atoms with E-state index >= 15 is 0 Å². The minimum Gasteiger partial charge on any atom is -0.484 e. The summed E-state index contributed by atoms with van der Waals surface area (Å²) in [6.45, 7) is 2.41. The summed E-state index contributed by atoms with van der Waals surface area (Å²) >= 11 is 0. The molecule has 1 N–H and O–H groups in total. The molecule has 3 aromatic carbocycles. The van der Waals surface area contributed by atoms with Crippen molar-refractivity contribution in [1.82, 2.24) is 0 Å². The lowest BCUT2D eigenvalue weighted by Crippen LogP contribution is -2.38. The Hall–Kier alpha value is -3.80. The quantitative estimate of drug-likeness (QED) is 0.627. The fourth-order valence-corrected chi connectivity index (χ4v) is 3.39. The third-order valence-electron chi connectivity index (χ3n) is 5.07. The van der Waals surface area contributed by atoms with Crippen LogP contribution in [0.25, 0.3) is 0 Å². The summed E-state index contributed by atoms with van der Waals surface area (Å²) in [5.74, 6) is 0.850. The van der Waals surface area contributed by atoms with Gasteiger partial charge in [-0.1, -0.05) is 49.4 Å². The Kier molecular flexibility index (Phi) is 6.17. The van der Waals surface area contributed by atoms with Gasteiger partial charge in [-0.15, -0.1) is 0 Å². The van der Waals surface area contributed by atoms with Gasteiger partial charge in [0.2, 0.25) is 0 Å². The molecule has 6 heteroatoms. The second-order valence-electron chi connectivity index (χ2n) is 7.27. The largest absolute Gasteiger partial charge is 0.484 e. The van der Waals surface area contributed by atoms with Crippen LogP contribution < -0.4 is 19.7 Å². The van der Waals surface area contributed by atoms with Gasteiger partial charge in [-0.2, -0.15) is 0 Å². The standard InChI is InChI=1S/C25H24N2O4/c1-2-18-8-11-21(12-9-18)30-16-24(28)26-20-10-13-23-22(14-20)27(25(29)17-31-23)15-19-6-4-3-5-7-19/h3-14H,2,15-17H2,1H3,(H,26,28). The van der Waals surface area contributed by atoms with Crippen molar-refractivity contribution in [3.8, 4) is 11.5 Å². The predicted octanol–water partition coefficient (Wildman–Crippen LogP) is 4.19. The lowest BCUT2D eigenvalue weighted by Gasteiger charge is -2.30. The van der Waals surface area contributed by atoms with Crippen LogP contribution in [-0.2, 0) is 22.6 Å². The maximum atomic E-state index is 12.5. The van der Waals surface area contributed by atoms with Crippen molar-refractivity contribution in [2.45, 2.75) is 19.9 Å². The van der Waals surface area contributed by atoms with Gasteiger partial charge in [0.15, 0.2) is 13.2 Å². The number of anilines is 2. The number of nitrogens with one attached hydrogen (secondary N) is 1. The molecule has 0 spiro atoms. The van der Waals surface area contributed by atoms with E-state index in [1.54, 1.807) is 23.1 Å². The first-order valence-corrected chi connectivity index (χ1v) is 10.2. The third-order valence-corrected chi connectivity index (χ3v) is 5.07. The van der Waals surface area contributed by atoms with Crippen molar-refractivity contribution in [3.63, 3.8) is 0 Å². The van der Waals surface area contributed by atoms with E-state index in [4.69, 9.17) is 9.47 Å². The number of ether oxygens (including phenoxy) is 2. The van der Waals surface area contributed by atoms with Crippen molar-refractivity contribution >= 4 is 23.2 Å². The summed E-state index contributed by atoms with van der Waals surface area (Å²) in [5.41, 5.74) is 3.43. The first-order chi connectivity index (χ1) is 15.1. The molecule has 0 radical (unpaired) electrons. The number of benzene rings is 3. The number of amides is 2. The molecule has 3 aromatic rings. The van der Waals surface area contributed by atoms with E-state index in [0.717, 1.165) is 12.0 Å². The average molecular weight is 416 g/mol. The van der Waals surface area contributed by atoms with E-state index in [2.05, 4.69) is 12.2 Å². The second-order valence-corrected chi connectivity index (χ2v) is 7.27. The highest BCUT2D eigenvalue weighted by atomic mass is 16.5. The van der Waals surface area contributed by atoms with E-state index in [0.29, 0.717) is 29.4 Å². The molecule has 4 rings (SSSR count). The van der Waals surface area contributed by atoms with Gasteiger partial charge in [0, 0.05) is 5.69 Å². The minimum absolute atomic E-state index is 0.00377. The molecule has 1 aliphatic rings. The lowest BCUT2D eigenvalue weighted by atomic mass is 10.1. The highest BCUT2D eigenvalue weighted by Gasteiger charge is 2.26. The van der Waals surface area contributed by atoms with Gasteiger partial charge in [0.1, 0.15) is 11.5 Å². The Morgan fingerprint density at radius 2 is 1.81 bits per heavy atom. The molecule has 0 saturated carbocycles. The number of rotatable bonds is 7. The Morgan fingerprint density at radius 3 is 2.55 bits per heavy atom. The number of nitrogens with zero attached hydrogens (tertiary/aromatic N) is 1. The van der Waals surface area contributed by atoms with Crippen LogP contribution in [0.5, 0.6) is 11.5 Å². The van der Waals surface area contributed by atoms with E-state index < -0.39 is 0 Å². The zero-order valence-electron chi connectivity index (χ0n) is 17.3. The number of fused-ring (bicyclic) bond motifs is 1. The Balaban J connectivity index is 1.43. The first-order valence-electron chi connectivity index (χ1n) is 10.2. The van der Waals surface area contributed by atoms with Crippen LogP contribution in [0.4, 0.5) is 11.4 Å². The molecule has 158 valence electrons. The lowest BCUT2D eigenvalue weighted by molar-refractivity contribution is -0.121. The normalized spacial score (nSPS) is 12.7. The van der Waals surface area contributed by atoms with Crippen LogP contribution in [0.15, 0.2) is 72.8 Å². The average Bonchev–Trinajstić information content (AvgIpc) is 2.81. The number of aryl methyl sites for hydroxylation is 1. The Labute approximate surface area is 181 Å². The first kappa shape index (κ1) is 20.5. The monoisotopic (exact) mass is 416 g/mol. The zero-order valence-corrected chi connectivity index (χ0v) is 17.3. The summed E-state index contributed by atoms with van der Waals surface area (Å²) in [5, 5.41) is 2.83. The van der Waals surface area contributed by atoms with Crippen LogP contribution in [-0.4, -0.2) is 25.0 Å². The van der Waals surface area contributed by atoms with Crippen molar-refractivity contribution in [2.75, 3.05) is 23.4 Å². The van der Waals surface area contributed by atoms with Crippen LogP contribution >= 0.6 is 0 Å². The van der Waals surface area contributed by atoms with Crippen molar-refractivity contribution < 1.29 is 19.1 Å². The molecule has 6 nitrogen and oxygen atoms in total. The minimum atomic E-state index is -0.280. The number of hydrogen-bond donors (Lipinski definition) is 1. The van der Waals surface area contributed by atoms with E-state index in [9.17, 15) is 9.59 Å². The van der Waals surface area contributed by atoms with Gasteiger partial charge >= 0.3 is 0 Å². The van der Waals surface area contributed by atoms with Crippen LogP contribution in [0.2, 0.25) is 0 Å². The number of carbonyl (C=O) groups excluding carboxylic acids is 2. The SMILES string of the molecule is CCc1ccc(OCC(=O)Nc2ccc3c(c2)N(Cc2ccccc2)C(=O)CO3)cc1. The summed E-state index contributed by atoms with van der Waals surface area (Å²) in [6.07, 6.45) is 0.951. The van der Waals surface area contributed by atoms with E-state index in [-0.39, 0.29) is 25.0 Å². The van der Waals surface area contributed by atoms with Crippen molar-refractivity contribution in [1.29, 1.82) is 0 Å². The molecule has 1 aliphatic heterocycles. The molecule has 31 heavy (non-hydrogen) atoms. The summed E-state index contributed by atoms with van der Waals surface area (Å²) < 4.78 is 11.1. The summed E-state index contributed by atoms with van der Waals surface area (Å²) in [4.78, 5) is 26.5. The van der Waals surface area contributed by atoms with Crippen LogP contribution in [0.3, 0.4) is 0 Å². The smallest absolute Gasteiger partial charge is 0.265 e. The van der Waals surface area contributed by atoms with Crippen molar-refractivity contribution in [2.24, 2.45) is 0 Å². The van der Waals surface area contributed by atoms with Gasteiger partial charge < -0.3 is 19.7 Å². The van der Waals surface area contributed by atoms with E-state index in [1.807, 2.05) is 54.6 Å². The van der Waals surface area contributed by atoms with Gasteiger partial charge in [0.05, 0.1) is 12.2 Å². The predicted molar refractivity (Wildman–Crippen MR) is 120 cm³/mol.